The normalized spacial score (nSPS) is 12.0. The highest BCUT2D eigenvalue weighted by atomic mass is 19.4. The highest BCUT2D eigenvalue weighted by Gasteiger charge is 2.47. The molecular formula is C27H4BF18-. The lowest BCUT2D eigenvalue weighted by molar-refractivity contribution is -0.137. The quantitative estimate of drug-likeness (QED) is 0.0730. The van der Waals surface area contributed by atoms with Crippen LogP contribution in [0, 0.1) is 99.0 Å². The summed E-state index contributed by atoms with van der Waals surface area (Å²) in [5, 5.41) is 0. The number of hydrogen-bond donors (Lipinski definition) is 0. The Bertz CT molecular complexity index is 1730. The van der Waals surface area contributed by atoms with E-state index in [1.54, 1.807) is 0 Å². The van der Waals surface area contributed by atoms with Crippen LogP contribution in [0.5, 0.6) is 0 Å². The van der Waals surface area contributed by atoms with E-state index in [1.807, 2.05) is 0 Å². The SMILES string of the molecule is Fc1c(F)c(F)c([B-](C#Cc2ccc(C(F)(F)F)cc2)(c2c(F)c(F)c(F)c(F)c2F)c2c(F)c(F)c(F)c(F)c2F)c(F)c1F. The van der Waals surface area contributed by atoms with Gasteiger partial charge in [-0.15, -0.1) is 22.3 Å². The molecule has 46 heavy (non-hydrogen) atoms. The van der Waals surface area contributed by atoms with Crippen LogP contribution in [0.15, 0.2) is 24.3 Å². The van der Waals surface area contributed by atoms with E-state index in [0.717, 1.165) is 5.82 Å². The summed E-state index contributed by atoms with van der Waals surface area (Å²) in [6.07, 6.45) is -11.2. The molecule has 0 heterocycles. The van der Waals surface area contributed by atoms with Gasteiger partial charge in [0.15, 0.2) is 58.5 Å². The Morgan fingerprint density at radius 2 is 0.609 bits per heavy atom. The Morgan fingerprint density at radius 3 is 0.848 bits per heavy atom. The monoisotopic (exact) mass is 681 g/mol. The predicted molar refractivity (Wildman–Crippen MR) is 122 cm³/mol. The number of halogens is 18. The first-order valence-electron chi connectivity index (χ1n) is 11.6. The maximum Gasteiger partial charge on any atom is 0.416 e. The minimum absolute atomic E-state index is 0.188. The third kappa shape index (κ3) is 4.99. The highest BCUT2D eigenvalue weighted by Crippen LogP contribution is 2.30. The van der Waals surface area contributed by atoms with Gasteiger partial charge in [0.05, 0.1) is 5.56 Å². The van der Waals surface area contributed by atoms with Crippen LogP contribution < -0.4 is 16.4 Å². The number of alkyl halides is 3. The van der Waals surface area contributed by atoms with E-state index in [1.165, 1.54) is 5.92 Å². The first kappa shape index (κ1) is 34.1. The zero-order valence-electron chi connectivity index (χ0n) is 21.2. The molecule has 0 atom stereocenters. The molecule has 0 amide bonds. The summed E-state index contributed by atoms with van der Waals surface area (Å²) in [6.45, 7) is 0. The smallest absolute Gasteiger partial charge is 0.291 e. The molecule has 0 aliphatic rings. The maximum atomic E-state index is 15.4. The summed E-state index contributed by atoms with van der Waals surface area (Å²) in [7, 11) is 0. The lowest BCUT2D eigenvalue weighted by Crippen LogP contribution is -2.72. The summed E-state index contributed by atoms with van der Waals surface area (Å²) >= 11 is 0. The zero-order chi connectivity index (χ0) is 34.8. The fourth-order valence-electron chi connectivity index (χ4n) is 4.59. The fourth-order valence-corrected chi connectivity index (χ4v) is 4.59. The van der Waals surface area contributed by atoms with Crippen LogP contribution in [0.25, 0.3) is 0 Å². The van der Waals surface area contributed by atoms with Crippen molar-refractivity contribution in [3.8, 4) is 11.7 Å². The molecule has 0 aromatic heterocycles. The van der Waals surface area contributed by atoms with Gasteiger partial charge >= 0.3 is 6.18 Å². The molecule has 0 nitrogen and oxygen atoms in total. The minimum atomic E-state index is -6.16. The maximum absolute atomic E-state index is 15.4. The van der Waals surface area contributed by atoms with Gasteiger partial charge in [0, 0.05) is 5.56 Å². The van der Waals surface area contributed by atoms with Gasteiger partial charge in [-0.3, -0.25) is 5.82 Å². The molecule has 4 rings (SSSR count). The van der Waals surface area contributed by atoms with Gasteiger partial charge in [0.1, 0.15) is 34.9 Å². The van der Waals surface area contributed by atoms with Crippen LogP contribution in [-0.2, 0) is 6.18 Å². The Balaban J connectivity index is 2.43. The summed E-state index contributed by atoms with van der Waals surface area (Å²) in [5.41, 5.74) is -11.3. The Morgan fingerprint density at radius 1 is 0.370 bits per heavy atom. The van der Waals surface area contributed by atoms with E-state index in [0.29, 0.717) is 12.1 Å². The molecule has 0 spiro atoms. The Hall–Kier alpha value is -4.76. The molecule has 4 aromatic rings. The van der Waals surface area contributed by atoms with Crippen molar-refractivity contribution in [2.75, 3.05) is 0 Å². The zero-order valence-corrected chi connectivity index (χ0v) is 21.2. The average molecular weight is 681 g/mol. The van der Waals surface area contributed by atoms with Crippen molar-refractivity contribution in [1.29, 1.82) is 0 Å². The van der Waals surface area contributed by atoms with E-state index in [-0.39, 0.29) is 12.1 Å². The van der Waals surface area contributed by atoms with E-state index >= 15 is 26.3 Å². The second kappa shape index (κ2) is 11.6. The molecule has 0 saturated heterocycles. The fraction of sp³-hybridized carbons (Fsp3) is 0.0370. The van der Waals surface area contributed by atoms with Crippen LogP contribution in [0.1, 0.15) is 11.1 Å². The standard InChI is InChI=1S/C27H4BF18/c29-12-9(13(30)19(36)24(41)18(12)35)28(10-14(31)20(37)25(42)21(38)15(10)32,11-16(33)22(39)26(43)23(40)17(11)34)6-5-7-1-3-8(4-2-7)27(44,45)46/h1-4H/q-1. The number of rotatable bonds is 3. The predicted octanol–water partition coefficient (Wildman–Crippen LogP) is 6.85. The molecule has 242 valence electrons. The van der Waals surface area contributed by atoms with E-state index < -0.39 is 127 Å². The first-order valence-corrected chi connectivity index (χ1v) is 11.6. The van der Waals surface area contributed by atoms with Gasteiger partial charge in [0.2, 0.25) is 0 Å². The van der Waals surface area contributed by atoms with Gasteiger partial charge in [-0.2, -0.15) is 13.2 Å². The molecule has 0 bridgehead atoms. The molecule has 0 radical (unpaired) electrons. The van der Waals surface area contributed by atoms with Gasteiger partial charge in [-0.05, 0) is 24.3 Å². The van der Waals surface area contributed by atoms with Crippen LogP contribution in [0.2, 0.25) is 0 Å². The third-order valence-electron chi connectivity index (χ3n) is 6.68. The minimum Gasteiger partial charge on any atom is -0.291 e. The van der Waals surface area contributed by atoms with Crippen molar-refractivity contribution in [3.63, 3.8) is 0 Å². The van der Waals surface area contributed by atoms with E-state index in [4.69, 9.17) is 0 Å². The van der Waals surface area contributed by atoms with Crippen molar-refractivity contribution in [2.24, 2.45) is 0 Å². The summed E-state index contributed by atoms with van der Waals surface area (Å²) in [4.78, 5) is 0. The number of hydrogen-bond acceptors (Lipinski definition) is 0. The highest BCUT2D eigenvalue weighted by molar-refractivity contribution is 7.17. The molecule has 19 heteroatoms. The lowest BCUT2D eigenvalue weighted by atomic mass is 9.15. The van der Waals surface area contributed by atoms with Crippen LogP contribution in [0.4, 0.5) is 79.0 Å². The topological polar surface area (TPSA) is 0 Å². The molecule has 4 aromatic carbocycles. The summed E-state index contributed by atoms with van der Waals surface area (Å²) in [6, 6.07) is 1.03. The van der Waals surface area contributed by atoms with Gasteiger partial charge in [0.25, 0.3) is 0 Å². The molecule has 0 saturated carbocycles. The Kier molecular flexibility index (Phi) is 8.57. The molecule has 0 fully saturated rings. The first-order chi connectivity index (χ1) is 21.2. The van der Waals surface area contributed by atoms with Crippen LogP contribution >= 0.6 is 0 Å². The van der Waals surface area contributed by atoms with Crippen molar-refractivity contribution in [2.45, 2.75) is 6.18 Å². The van der Waals surface area contributed by atoms with E-state index in [9.17, 15) is 52.7 Å². The summed E-state index contributed by atoms with van der Waals surface area (Å²) < 4.78 is 260. The Labute approximate surface area is 242 Å². The van der Waals surface area contributed by atoms with Crippen LogP contribution in [-0.4, -0.2) is 6.15 Å². The molecule has 0 aliphatic carbocycles. The van der Waals surface area contributed by atoms with Crippen LogP contribution in [0.3, 0.4) is 0 Å². The second-order valence-electron chi connectivity index (χ2n) is 9.16. The number of benzene rings is 4. The third-order valence-corrected chi connectivity index (χ3v) is 6.68. The van der Waals surface area contributed by atoms with Gasteiger partial charge in [-0.1, -0.05) is 0 Å². The van der Waals surface area contributed by atoms with Crippen molar-refractivity contribution in [1.82, 2.24) is 0 Å². The van der Waals surface area contributed by atoms with Gasteiger partial charge < -0.3 is 0 Å². The largest absolute Gasteiger partial charge is 0.416 e. The lowest BCUT2D eigenvalue weighted by Gasteiger charge is -2.39. The molecule has 0 unspecified atom stereocenters. The van der Waals surface area contributed by atoms with E-state index in [2.05, 4.69) is 0 Å². The average Bonchev–Trinajstić information content (AvgIpc) is 3.01. The molecule has 0 aliphatic heterocycles. The van der Waals surface area contributed by atoms with Crippen molar-refractivity contribution in [3.05, 3.63) is 123 Å². The second-order valence-corrected chi connectivity index (χ2v) is 9.16. The molecule has 0 N–H and O–H groups in total. The van der Waals surface area contributed by atoms with Gasteiger partial charge in [-0.25, -0.2) is 65.9 Å². The van der Waals surface area contributed by atoms with Crippen molar-refractivity contribution >= 4 is 22.5 Å². The molecular weight excluding hydrogens is 677 g/mol. The summed E-state index contributed by atoms with van der Waals surface area (Å²) in [5.74, 6) is -45.5. The van der Waals surface area contributed by atoms with Crippen molar-refractivity contribution < 1.29 is 79.0 Å².